The molecule has 0 bridgehead atoms. The highest BCUT2D eigenvalue weighted by molar-refractivity contribution is 4.87. The fraction of sp³-hybridized carbons (Fsp3) is 1.00. The van der Waals surface area contributed by atoms with Crippen LogP contribution in [0, 0.1) is 5.41 Å². The van der Waals surface area contributed by atoms with Gasteiger partial charge < -0.3 is 10.6 Å². The Bertz CT molecular complexity index is 150. The van der Waals surface area contributed by atoms with E-state index in [1.165, 1.54) is 51.6 Å². The van der Waals surface area contributed by atoms with Crippen molar-refractivity contribution in [3.63, 3.8) is 0 Å². The van der Waals surface area contributed by atoms with E-state index in [2.05, 4.69) is 18.9 Å². The van der Waals surface area contributed by atoms with E-state index < -0.39 is 0 Å². The molecular formula is C12H26N2. The van der Waals surface area contributed by atoms with Crippen LogP contribution in [-0.4, -0.2) is 31.6 Å². The molecule has 0 radical (unpaired) electrons. The average molecular weight is 198 g/mol. The standard InChI is InChI=1S/C12H26N2/c1-3-4-9-14(2)11-12(10-13)7-5-6-8-12/h3-11,13H2,1-2H3. The van der Waals surface area contributed by atoms with Gasteiger partial charge in [0, 0.05) is 6.54 Å². The first-order valence-electron chi connectivity index (χ1n) is 6.11. The summed E-state index contributed by atoms with van der Waals surface area (Å²) in [6.45, 7) is 5.58. The molecule has 1 aliphatic carbocycles. The van der Waals surface area contributed by atoms with Crippen LogP contribution in [0.25, 0.3) is 0 Å². The van der Waals surface area contributed by atoms with Crippen LogP contribution in [-0.2, 0) is 0 Å². The summed E-state index contributed by atoms with van der Waals surface area (Å²) in [6, 6.07) is 0. The van der Waals surface area contributed by atoms with E-state index in [0.29, 0.717) is 5.41 Å². The van der Waals surface area contributed by atoms with Crippen LogP contribution >= 0.6 is 0 Å². The molecule has 0 unspecified atom stereocenters. The number of rotatable bonds is 6. The molecule has 1 saturated carbocycles. The summed E-state index contributed by atoms with van der Waals surface area (Å²) < 4.78 is 0. The van der Waals surface area contributed by atoms with E-state index in [1.807, 2.05) is 0 Å². The van der Waals surface area contributed by atoms with Gasteiger partial charge in [-0.2, -0.15) is 0 Å². The second kappa shape index (κ2) is 5.72. The second-order valence-electron chi connectivity index (χ2n) is 5.00. The Morgan fingerprint density at radius 1 is 1.29 bits per heavy atom. The Kier molecular flexibility index (Phi) is 4.90. The molecule has 2 heteroatoms. The maximum absolute atomic E-state index is 5.92. The highest BCUT2D eigenvalue weighted by atomic mass is 15.1. The smallest absolute Gasteiger partial charge is 0.00470 e. The van der Waals surface area contributed by atoms with E-state index in [1.54, 1.807) is 0 Å². The normalized spacial score (nSPS) is 20.6. The molecule has 2 N–H and O–H groups in total. The Balaban J connectivity index is 2.32. The third kappa shape index (κ3) is 3.25. The number of hydrogen-bond donors (Lipinski definition) is 1. The van der Waals surface area contributed by atoms with Crippen molar-refractivity contribution in [2.75, 3.05) is 26.7 Å². The Labute approximate surface area is 88.8 Å². The predicted molar refractivity (Wildman–Crippen MR) is 62.4 cm³/mol. The minimum absolute atomic E-state index is 0.461. The number of unbranched alkanes of at least 4 members (excludes halogenated alkanes) is 1. The van der Waals surface area contributed by atoms with Crippen molar-refractivity contribution in [1.29, 1.82) is 0 Å². The molecule has 0 atom stereocenters. The molecular weight excluding hydrogens is 172 g/mol. The zero-order valence-corrected chi connectivity index (χ0v) is 9.89. The SMILES string of the molecule is CCCCN(C)CC1(CN)CCCC1. The van der Waals surface area contributed by atoms with E-state index in [0.717, 1.165) is 6.54 Å². The summed E-state index contributed by atoms with van der Waals surface area (Å²) >= 11 is 0. The number of nitrogens with two attached hydrogens (primary N) is 1. The fourth-order valence-electron chi connectivity index (χ4n) is 2.63. The number of nitrogens with zero attached hydrogens (tertiary/aromatic N) is 1. The lowest BCUT2D eigenvalue weighted by atomic mass is 9.86. The fourth-order valence-corrected chi connectivity index (χ4v) is 2.63. The second-order valence-corrected chi connectivity index (χ2v) is 5.00. The van der Waals surface area contributed by atoms with Crippen molar-refractivity contribution in [3.05, 3.63) is 0 Å². The minimum Gasteiger partial charge on any atom is -0.330 e. The van der Waals surface area contributed by atoms with Crippen molar-refractivity contribution in [2.45, 2.75) is 45.4 Å². The van der Waals surface area contributed by atoms with Crippen molar-refractivity contribution in [3.8, 4) is 0 Å². The molecule has 0 heterocycles. The van der Waals surface area contributed by atoms with Gasteiger partial charge in [0.25, 0.3) is 0 Å². The molecule has 0 amide bonds. The molecule has 1 rings (SSSR count). The van der Waals surface area contributed by atoms with Crippen LogP contribution in [0.2, 0.25) is 0 Å². The van der Waals surface area contributed by atoms with Gasteiger partial charge >= 0.3 is 0 Å². The third-order valence-electron chi connectivity index (χ3n) is 3.60. The van der Waals surface area contributed by atoms with Crippen LogP contribution in [0.5, 0.6) is 0 Å². The highest BCUT2D eigenvalue weighted by Gasteiger charge is 2.33. The zero-order valence-electron chi connectivity index (χ0n) is 9.89. The summed E-state index contributed by atoms with van der Waals surface area (Å²) in [4.78, 5) is 2.47. The molecule has 2 nitrogen and oxygen atoms in total. The molecule has 14 heavy (non-hydrogen) atoms. The first kappa shape index (κ1) is 12.0. The average Bonchev–Trinajstić information content (AvgIpc) is 2.64. The van der Waals surface area contributed by atoms with Crippen molar-refractivity contribution in [2.24, 2.45) is 11.1 Å². The van der Waals surface area contributed by atoms with E-state index in [4.69, 9.17) is 5.73 Å². The lowest BCUT2D eigenvalue weighted by Gasteiger charge is -2.32. The van der Waals surface area contributed by atoms with Gasteiger partial charge in [-0.05, 0) is 44.8 Å². The summed E-state index contributed by atoms with van der Waals surface area (Å²) in [5.41, 5.74) is 6.38. The van der Waals surface area contributed by atoms with Gasteiger partial charge in [0.1, 0.15) is 0 Å². The van der Waals surface area contributed by atoms with Gasteiger partial charge in [0.05, 0.1) is 0 Å². The van der Waals surface area contributed by atoms with Gasteiger partial charge in [-0.15, -0.1) is 0 Å². The first-order valence-corrected chi connectivity index (χ1v) is 6.11. The molecule has 84 valence electrons. The molecule has 0 saturated heterocycles. The molecule has 0 aromatic rings. The summed E-state index contributed by atoms with van der Waals surface area (Å²) in [7, 11) is 2.24. The van der Waals surface area contributed by atoms with E-state index >= 15 is 0 Å². The van der Waals surface area contributed by atoms with Gasteiger partial charge in [0.15, 0.2) is 0 Å². The van der Waals surface area contributed by atoms with Crippen LogP contribution in [0.15, 0.2) is 0 Å². The quantitative estimate of drug-likeness (QED) is 0.709. The monoisotopic (exact) mass is 198 g/mol. The Morgan fingerprint density at radius 3 is 2.43 bits per heavy atom. The zero-order chi connectivity index (χ0) is 10.4. The number of hydrogen-bond acceptors (Lipinski definition) is 2. The Morgan fingerprint density at radius 2 is 1.93 bits per heavy atom. The van der Waals surface area contributed by atoms with Crippen LogP contribution < -0.4 is 5.73 Å². The molecule has 0 aromatic heterocycles. The van der Waals surface area contributed by atoms with E-state index in [9.17, 15) is 0 Å². The predicted octanol–water partition coefficient (Wildman–Crippen LogP) is 2.24. The molecule has 1 aliphatic rings. The summed E-state index contributed by atoms with van der Waals surface area (Å²) in [5, 5.41) is 0. The third-order valence-corrected chi connectivity index (χ3v) is 3.60. The lowest BCUT2D eigenvalue weighted by Crippen LogP contribution is -2.39. The van der Waals surface area contributed by atoms with Crippen LogP contribution in [0.3, 0.4) is 0 Å². The van der Waals surface area contributed by atoms with Gasteiger partial charge in [-0.25, -0.2) is 0 Å². The van der Waals surface area contributed by atoms with Crippen molar-refractivity contribution < 1.29 is 0 Å². The van der Waals surface area contributed by atoms with Crippen LogP contribution in [0.1, 0.15) is 45.4 Å². The molecule has 0 spiro atoms. The lowest BCUT2D eigenvalue weighted by molar-refractivity contribution is 0.183. The maximum atomic E-state index is 5.92. The minimum atomic E-state index is 0.461. The Hall–Kier alpha value is -0.0800. The largest absolute Gasteiger partial charge is 0.330 e. The van der Waals surface area contributed by atoms with Crippen molar-refractivity contribution in [1.82, 2.24) is 4.90 Å². The maximum Gasteiger partial charge on any atom is 0.00470 e. The highest BCUT2D eigenvalue weighted by Crippen LogP contribution is 2.37. The first-order chi connectivity index (χ1) is 6.72. The van der Waals surface area contributed by atoms with Gasteiger partial charge in [-0.1, -0.05) is 26.2 Å². The van der Waals surface area contributed by atoms with Crippen molar-refractivity contribution >= 4 is 0 Å². The van der Waals surface area contributed by atoms with Crippen LogP contribution in [0.4, 0.5) is 0 Å². The molecule has 1 fully saturated rings. The van der Waals surface area contributed by atoms with Gasteiger partial charge in [-0.3, -0.25) is 0 Å². The summed E-state index contributed by atoms with van der Waals surface area (Å²) in [5.74, 6) is 0. The van der Waals surface area contributed by atoms with E-state index in [-0.39, 0.29) is 0 Å². The topological polar surface area (TPSA) is 29.3 Å². The molecule has 0 aliphatic heterocycles. The molecule has 0 aromatic carbocycles. The summed E-state index contributed by atoms with van der Waals surface area (Å²) in [6.07, 6.45) is 8.08. The van der Waals surface area contributed by atoms with Gasteiger partial charge in [0.2, 0.25) is 0 Å².